The second-order valence-electron chi connectivity index (χ2n) is 4.40. The number of hydrogen-bond acceptors (Lipinski definition) is 6. The fraction of sp³-hybridized carbons (Fsp3) is 1.00. The van der Waals surface area contributed by atoms with Gasteiger partial charge in [-0.3, -0.25) is 9.13 Å². The van der Waals surface area contributed by atoms with Crippen molar-refractivity contribution in [2.75, 3.05) is 40.3 Å². The van der Waals surface area contributed by atoms with E-state index in [4.69, 9.17) is 18.1 Å². The zero-order valence-corrected chi connectivity index (χ0v) is 12.5. The maximum Gasteiger partial charge on any atom is 0.327 e. The van der Waals surface area contributed by atoms with Crippen LogP contribution in [0.3, 0.4) is 0 Å². The standard InChI is InChI=1S/C9H20O6P2/c1-5-9(6-13-16(3,10)12-2)7-14-17(4,11)15-8-9/h5-8H2,1-4H3/t9?,16-,17?/m1/s1. The van der Waals surface area contributed by atoms with Crippen molar-refractivity contribution in [1.82, 2.24) is 0 Å². The van der Waals surface area contributed by atoms with Crippen molar-refractivity contribution in [3.8, 4) is 0 Å². The van der Waals surface area contributed by atoms with Crippen LogP contribution in [0.5, 0.6) is 0 Å². The summed E-state index contributed by atoms with van der Waals surface area (Å²) >= 11 is 0. The Morgan fingerprint density at radius 1 is 1.41 bits per heavy atom. The van der Waals surface area contributed by atoms with Crippen LogP contribution in [0, 0.1) is 5.41 Å². The lowest BCUT2D eigenvalue weighted by Crippen LogP contribution is -2.38. The molecular weight excluding hydrogens is 266 g/mol. The van der Waals surface area contributed by atoms with Gasteiger partial charge in [0.2, 0.25) is 0 Å². The van der Waals surface area contributed by atoms with Gasteiger partial charge < -0.3 is 18.1 Å². The van der Waals surface area contributed by atoms with Crippen molar-refractivity contribution in [3.63, 3.8) is 0 Å². The Morgan fingerprint density at radius 3 is 2.35 bits per heavy atom. The van der Waals surface area contributed by atoms with Crippen LogP contribution in [-0.4, -0.2) is 40.3 Å². The topological polar surface area (TPSA) is 71.1 Å². The predicted molar refractivity (Wildman–Crippen MR) is 64.7 cm³/mol. The number of hydrogen-bond donors (Lipinski definition) is 0. The van der Waals surface area contributed by atoms with Gasteiger partial charge in [0, 0.05) is 25.9 Å². The highest BCUT2D eigenvalue weighted by molar-refractivity contribution is 7.53. The Bertz CT molecular complexity index is 343. The average molecular weight is 286 g/mol. The van der Waals surface area contributed by atoms with E-state index in [1.165, 1.54) is 20.4 Å². The highest BCUT2D eigenvalue weighted by atomic mass is 31.2. The lowest BCUT2D eigenvalue weighted by Gasteiger charge is -2.37. The van der Waals surface area contributed by atoms with Gasteiger partial charge in [-0.15, -0.1) is 0 Å². The highest BCUT2D eigenvalue weighted by Crippen LogP contribution is 2.52. The minimum absolute atomic E-state index is 0.200. The van der Waals surface area contributed by atoms with Crippen molar-refractivity contribution < 1.29 is 27.2 Å². The van der Waals surface area contributed by atoms with E-state index in [1.54, 1.807) is 0 Å². The van der Waals surface area contributed by atoms with E-state index in [1.807, 2.05) is 6.92 Å². The van der Waals surface area contributed by atoms with Gasteiger partial charge in [0.25, 0.3) is 0 Å². The number of rotatable bonds is 5. The molecule has 1 saturated heterocycles. The summed E-state index contributed by atoms with van der Waals surface area (Å²) in [7, 11) is -4.57. The summed E-state index contributed by atoms with van der Waals surface area (Å²) in [4.78, 5) is 0. The van der Waals surface area contributed by atoms with Crippen molar-refractivity contribution in [1.29, 1.82) is 0 Å². The Hall–Kier alpha value is 0.300. The van der Waals surface area contributed by atoms with E-state index in [9.17, 15) is 9.13 Å². The Morgan fingerprint density at radius 2 is 1.94 bits per heavy atom. The smallest absolute Gasteiger partial charge is 0.312 e. The molecule has 1 aliphatic rings. The average Bonchev–Trinajstić information content (AvgIpc) is 2.29. The van der Waals surface area contributed by atoms with Crippen molar-refractivity contribution in [2.45, 2.75) is 13.3 Å². The molecule has 102 valence electrons. The molecule has 0 amide bonds. The fourth-order valence-electron chi connectivity index (χ4n) is 1.28. The SMILES string of the molecule is CCC1(CO[P@](C)(=O)OC)COP(C)(=O)OC1. The molecule has 0 aromatic carbocycles. The summed E-state index contributed by atoms with van der Waals surface area (Å²) in [6.45, 7) is 5.56. The zero-order chi connectivity index (χ0) is 13.2. The van der Waals surface area contributed by atoms with Crippen LogP contribution in [-0.2, 0) is 27.2 Å². The molecule has 0 bridgehead atoms. The second kappa shape index (κ2) is 5.52. The second-order valence-corrected chi connectivity index (χ2v) is 8.62. The van der Waals surface area contributed by atoms with Crippen LogP contribution < -0.4 is 0 Å². The van der Waals surface area contributed by atoms with Gasteiger partial charge in [0.05, 0.1) is 19.8 Å². The summed E-state index contributed by atoms with van der Waals surface area (Å²) in [6.07, 6.45) is 0.719. The predicted octanol–water partition coefficient (Wildman–Crippen LogP) is 2.74. The molecule has 0 N–H and O–H groups in total. The van der Waals surface area contributed by atoms with Crippen molar-refractivity contribution in [2.24, 2.45) is 5.41 Å². The molecule has 1 atom stereocenters. The molecule has 0 saturated carbocycles. The summed E-state index contributed by atoms with van der Waals surface area (Å²) in [5.41, 5.74) is -0.409. The molecule has 0 aliphatic carbocycles. The van der Waals surface area contributed by atoms with Gasteiger partial charge in [-0.25, -0.2) is 0 Å². The highest BCUT2D eigenvalue weighted by Gasteiger charge is 2.40. The molecule has 17 heavy (non-hydrogen) atoms. The van der Waals surface area contributed by atoms with Crippen LogP contribution in [0.1, 0.15) is 13.3 Å². The molecule has 1 aliphatic heterocycles. The molecular formula is C9H20O6P2. The molecule has 1 fully saturated rings. The first-order valence-corrected chi connectivity index (χ1v) is 9.37. The van der Waals surface area contributed by atoms with Crippen LogP contribution in [0.4, 0.5) is 0 Å². The third kappa shape index (κ3) is 4.47. The Balaban J connectivity index is 2.60. The first kappa shape index (κ1) is 15.4. The van der Waals surface area contributed by atoms with E-state index in [2.05, 4.69) is 0 Å². The van der Waals surface area contributed by atoms with E-state index in [0.29, 0.717) is 0 Å². The first-order valence-electron chi connectivity index (χ1n) is 5.39. The molecule has 8 heteroatoms. The van der Waals surface area contributed by atoms with Crippen LogP contribution in [0.25, 0.3) is 0 Å². The Kier molecular flexibility index (Phi) is 4.98. The van der Waals surface area contributed by atoms with Gasteiger partial charge in [-0.05, 0) is 6.42 Å². The lowest BCUT2D eigenvalue weighted by atomic mass is 9.88. The molecule has 0 radical (unpaired) electrons. The molecule has 0 aromatic rings. The van der Waals surface area contributed by atoms with Crippen molar-refractivity contribution >= 4 is 15.2 Å². The van der Waals surface area contributed by atoms with Crippen LogP contribution in [0.2, 0.25) is 0 Å². The van der Waals surface area contributed by atoms with Gasteiger partial charge in [0.15, 0.2) is 0 Å². The first-order chi connectivity index (χ1) is 7.74. The van der Waals surface area contributed by atoms with Gasteiger partial charge >= 0.3 is 15.2 Å². The third-order valence-electron chi connectivity index (χ3n) is 2.90. The third-order valence-corrected chi connectivity index (χ3v) is 5.36. The summed E-state index contributed by atoms with van der Waals surface area (Å²) in [6, 6.07) is 0. The lowest BCUT2D eigenvalue weighted by molar-refractivity contribution is -0.0168. The molecule has 6 nitrogen and oxygen atoms in total. The van der Waals surface area contributed by atoms with Crippen molar-refractivity contribution in [3.05, 3.63) is 0 Å². The maximum absolute atomic E-state index is 11.6. The molecule has 1 heterocycles. The minimum Gasteiger partial charge on any atom is -0.312 e. The van der Waals surface area contributed by atoms with E-state index in [-0.39, 0.29) is 19.8 Å². The quantitative estimate of drug-likeness (QED) is 0.724. The molecule has 0 spiro atoms. The van der Waals surface area contributed by atoms with Gasteiger partial charge in [-0.1, -0.05) is 6.92 Å². The van der Waals surface area contributed by atoms with E-state index < -0.39 is 20.6 Å². The van der Waals surface area contributed by atoms with E-state index >= 15 is 0 Å². The monoisotopic (exact) mass is 286 g/mol. The summed E-state index contributed by atoms with van der Waals surface area (Å²) < 4.78 is 43.6. The summed E-state index contributed by atoms with van der Waals surface area (Å²) in [5.74, 6) is 0. The maximum atomic E-state index is 11.6. The van der Waals surface area contributed by atoms with Crippen LogP contribution >= 0.6 is 15.2 Å². The molecule has 0 aromatic heterocycles. The van der Waals surface area contributed by atoms with Gasteiger partial charge in [-0.2, -0.15) is 0 Å². The minimum atomic E-state index is -3.01. The zero-order valence-electron chi connectivity index (χ0n) is 10.7. The van der Waals surface area contributed by atoms with Crippen LogP contribution in [0.15, 0.2) is 0 Å². The normalized spacial score (nSPS) is 37.6. The molecule has 1 rings (SSSR count). The fourth-order valence-corrected chi connectivity index (χ4v) is 2.99. The van der Waals surface area contributed by atoms with Gasteiger partial charge in [0.1, 0.15) is 0 Å². The molecule has 0 unspecified atom stereocenters. The Labute approximate surface area is 102 Å². The summed E-state index contributed by atoms with van der Waals surface area (Å²) in [5, 5.41) is 0. The van der Waals surface area contributed by atoms with E-state index in [0.717, 1.165) is 6.42 Å². The largest absolute Gasteiger partial charge is 0.327 e.